The Kier molecular flexibility index (Phi) is 5.90. The van der Waals surface area contributed by atoms with E-state index in [1.807, 2.05) is 38.4 Å². The number of ether oxygens (including phenoxy) is 1. The van der Waals surface area contributed by atoms with Gasteiger partial charge in [0.15, 0.2) is 0 Å². The standard InChI is InChI=1S/C26H33NO3/c1-26-17-24(19-6-11-22(12-7-19)30-15-14-27(2)3)23(16-20(26)8-13-25(26)29)18-4-9-21(28)10-5-18/h4-7,9-12,20,25,28-29H,8,13-17H2,1-3H3/t20-,25-,26-/m0/s1. The first-order chi connectivity index (χ1) is 14.4. The second kappa shape index (κ2) is 8.44. The second-order valence-corrected chi connectivity index (χ2v) is 9.36. The van der Waals surface area contributed by atoms with Crippen LogP contribution < -0.4 is 4.74 Å². The molecular formula is C26H33NO3. The number of phenolic OH excluding ortho intramolecular Hbond substituents is 1. The Morgan fingerprint density at radius 2 is 1.60 bits per heavy atom. The SMILES string of the molecule is CN(C)CCOc1ccc(C2=C(c3ccc(O)cc3)C[C@@H]3CC[C@H](O)[C@@]3(C)C2)cc1. The van der Waals surface area contributed by atoms with Crippen molar-refractivity contribution in [3.05, 3.63) is 59.7 Å². The van der Waals surface area contributed by atoms with Crippen molar-refractivity contribution in [2.45, 2.75) is 38.7 Å². The van der Waals surface area contributed by atoms with E-state index in [0.717, 1.165) is 43.5 Å². The highest BCUT2D eigenvalue weighted by atomic mass is 16.5. The molecule has 2 N–H and O–H groups in total. The van der Waals surface area contributed by atoms with Crippen molar-refractivity contribution in [3.8, 4) is 11.5 Å². The minimum atomic E-state index is -0.243. The van der Waals surface area contributed by atoms with Crippen molar-refractivity contribution < 1.29 is 14.9 Å². The summed E-state index contributed by atoms with van der Waals surface area (Å²) in [6.45, 7) is 3.80. The summed E-state index contributed by atoms with van der Waals surface area (Å²) in [4.78, 5) is 2.11. The van der Waals surface area contributed by atoms with E-state index >= 15 is 0 Å². The Morgan fingerprint density at radius 1 is 0.967 bits per heavy atom. The number of aliphatic hydroxyl groups excluding tert-OH is 1. The first-order valence-electron chi connectivity index (χ1n) is 10.9. The normalized spacial score (nSPS) is 26.2. The molecule has 1 fully saturated rings. The Balaban J connectivity index is 1.67. The van der Waals surface area contributed by atoms with E-state index in [4.69, 9.17) is 4.74 Å². The Morgan fingerprint density at radius 3 is 2.27 bits per heavy atom. The molecule has 2 aliphatic rings. The zero-order chi connectivity index (χ0) is 21.3. The molecule has 30 heavy (non-hydrogen) atoms. The van der Waals surface area contributed by atoms with Gasteiger partial charge in [-0.2, -0.15) is 0 Å². The third-order valence-electron chi connectivity index (χ3n) is 7.08. The van der Waals surface area contributed by atoms with Crippen molar-refractivity contribution in [3.63, 3.8) is 0 Å². The predicted molar refractivity (Wildman–Crippen MR) is 121 cm³/mol. The maximum absolute atomic E-state index is 10.7. The third-order valence-corrected chi connectivity index (χ3v) is 7.08. The van der Waals surface area contributed by atoms with E-state index in [1.54, 1.807) is 12.1 Å². The number of hydrogen-bond donors (Lipinski definition) is 2. The Hall–Kier alpha value is -2.30. The summed E-state index contributed by atoms with van der Waals surface area (Å²) in [7, 11) is 4.08. The number of allylic oxidation sites excluding steroid dienone is 2. The van der Waals surface area contributed by atoms with Gasteiger partial charge < -0.3 is 19.8 Å². The maximum Gasteiger partial charge on any atom is 0.119 e. The Labute approximate surface area is 179 Å². The van der Waals surface area contributed by atoms with E-state index in [1.165, 1.54) is 16.7 Å². The summed E-state index contributed by atoms with van der Waals surface area (Å²) in [6.07, 6.45) is 3.55. The van der Waals surface area contributed by atoms with Gasteiger partial charge in [0.1, 0.15) is 18.1 Å². The van der Waals surface area contributed by atoms with Crippen LogP contribution in [0.15, 0.2) is 48.5 Å². The molecule has 1 saturated carbocycles. The Bertz CT molecular complexity index is 901. The van der Waals surface area contributed by atoms with Crippen LogP contribution in [0.5, 0.6) is 11.5 Å². The zero-order valence-corrected chi connectivity index (χ0v) is 18.3. The number of nitrogens with zero attached hydrogens (tertiary/aromatic N) is 1. The van der Waals surface area contributed by atoms with Crippen LogP contribution in [0.1, 0.15) is 43.7 Å². The first kappa shape index (κ1) is 21.0. The van der Waals surface area contributed by atoms with E-state index in [2.05, 4.69) is 24.0 Å². The number of phenols is 1. The van der Waals surface area contributed by atoms with E-state index < -0.39 is 0 Å². The smallest absolute Gasteiger partial charge is 0.119 e. The van der Waals surface area contributed by atoms with Crippen LogP contribution in [-0.4, -0.2) is 48.5 Å². The summed E-state index contributed by atoms with van der Waals surface area (Å²) < 4.78 is 5.86. The topological polar surface area (TPSA) is 52.9 Å². The lowest BCUT2D eigenvalue weighted by atomic mass is 9.64. The highest BCUT2D eigenvalue weighted by Gasteiger charge is 2.49. The van der Waals surface area contributed by atoms with Crippen LogP contribution in [0.3, 0.4) is 0 Å². The van der Waals surface area contributed by atoms with E-state index in [9.17, 15) is 10.2 Å². The summed E-state index contributed by atoms with van der Waals surface area (Å²) in [5.74, 6) is 1.67. The third kappa shape index (κ3) is 4.12. The number of fused-ring (bicyclic) bond motifs is 1. The van der Waals surface area contributed by atoms with Crippen LogP contribution in [0.4, 0.5) is 0 Å². The fraction of sp³-hybridized carbons (Fsp3) is 0.462. The highest BCUT2D eigenvalue weighted by molar-refractivity contribution is 5.92. The molecule has 2 aliphatic carbocycles. The summed E-state index contributed by atoms with van der Waals surface area (Å²) >= 11 is 0. The van der Waals surface area contributed by atoms with Gasteiger partial charge >= 0.3 is 0 Å². The lowest BCUT2D eigenvalue weighted by Gasteiger charge is -2.41. The largest absolute Gasteiger partial charge is 0.508 e. The lowest BCUT2D eigenvalue weighted by Crippen LogP contribution is -2.35. The van der Waals surface area contributed by atoms with Crippen LogP contribution >= 0.6 is 0 Å². The molecule has 0 amide bonds. The number of aromatic hydroxyl groups is 1. The monoisotopic (exact) mass is 407 g/mol. The number of rotatable bonds is 6. The van der Waals surface area contributed by atoms with Crippen molar-refractivity contribution >= 4 is 11.1 Å². The van der Waals surface area contributed by atoms with Gasteiger partial charge in [0.2, 0.25) is 0 Å². The van der Waals surface area contributed by atoms with Gasteiger partial charge in [-0.3, -0.25) is 0 Å². The van der Waals surface area contributed by atoms with Gasteiger partial charge in [0.05, 0.1) is 6.10 Å². The van der Waals surface area contributed by atoms with Gasteiger partial charge in [0, 0.05) is 12.0 Å². The van der Waals surface area contributed by atoms with Gasteiger partial charge in [-0.25, -0.2) is 0 Å². The molecule has 4 nitrogen and oxygen atoms in total. The predicted octanol–water partition coefficient (Wildman–Crippen LogP) is 4.81. The molecule has 160 valence electrons. The summed E-state index contributed by atoms with van der Waals surface area (Å²) in [6, 6.07) is 15.9. The summed E-state index contributed by atoms with van der Waals surface area (Å²) in [5, 5.41) is 20.5. The molecule has 0 unspecified atom stereocenters. The van der Waals surface area contributed by atoms with Crippen molar-refractivity contribution in [2.75, 3.05) is 27.2 Å². The van der Waals surface area contributed by atoms with E-state index in [-0.39, 0.29) is 17.3 Å². The maximum atomic E-state index is 10.7. The van der Waals surface area contributed by atoms with Crippen LogP contribution in [0.25, 0.3) is 11.1 Å². The molecule has 0 spiro atoms. The molecular weight excluding hydrogens is 374 g/mol. The quantitative estimate of drug-likeness (QED) is 0.721. The molecule has 2 aromatic carbocycles. The fourth-order valence-corrected chi connectivity index (χ4v) is 5.07. The van der Waals surface area contributed by atoms with Gasteiger partial charge in [0.25, 0.3) is 0 Å². The number of aliphatic hydroxyl groups is 1. The van der Waals surface area contributed by atoms with Gasteiger partial charge in [-0.1, -0.05) is 31.2 Å². The molecule has 0 heterocycles. The fourth-order valence-electron chi connectivity index (χ4n) is 5.07. The summed E-state index contributed by atoms with van der Waals surface area (Å²) in [5.41, 5.74) is 4.93. The van der Waals surface area contributed by atoms with Crippen molar-refractivity contribution in [1.82, 2.24) is 4.90 Å². The number of benzene rings is 2. The van der Waals surface area contributed by atoms with Crippen LogP contribution in [0.2, 0.25) is 0 Å². The zero-order valence-electron chi connectivity index (χ0n) is 18.3. The second-order valence-electron chi connectivity index (χ2n) is 9.36. The molecule has 0 saturated heterocycles. The number of likely N-dealkylation sites (N-methyl/N-ethyl adjacent to an activating group) is 1. The van der Waals surface area contributed by atoms with E-state index in [0.29, 0.717) is 12.5 Å². The molecule has 0 aromatic heterocycles. The molecule has 0 aliphatic heterocycles. The molecule has 4 heteroatoms. The van der Waals surface area contributed by atoms with Gasteiger partial charge in [-0.05, 0) is 92.2 Å². The molecule has 2 aromatic rings. The molecule has 0 bridgehead atoms. The van der Waals surface area contributed by atoms with Crippen LogP contribution in [-0.2, 0) is 0 Å². The average molecular weight is 408 g/mol. The first-order valence-corrected chi connectivity index (χ1v) is 10.9. The van der Waals surface area contributed by atoms with Crippen molar-refractivity contribution in [2.24, 2.45) is 11.3 Å². The van der Waals surface area contributed by atoms with Gasteiger partial charge in [-0.15, -0.1) is 0 Å². The van der Waals surface area contributed by atoms with Crippen molar-refractivity contribution in [1.29, 1.82) is 0 Å². The van der Waals surface area contributed by atoms with Crippen LogP contribution in [0, 0.1) is 11.3 Å². The minimum absolute atomic E-state index is 0.0728. The molecule has 3 atom stereocenters. The lowest BCUT2D eigenvalue weighted by molar-refractivity contribution is 0.0422. The number of hydrogen-bond acceptors (Lipinski definition) is 4. The minimum Gasteiger partial charge on any atom is -0.508 e. The molecule has 4 rings (SSSR count). The highest BCUT2D eigenvalue weighted by Crippen LogP contribution is 2.57. The molecule has 0 radical (unpaired) electrons. The average Bonchev–Trinajstić information content (AvgIpc) is 3.02.